The molecule has 4 nitrogen and oxygen atoms in total. The number of aromatic nitrogens is 1. The second-order valence-corrected chi connectivity index (χ2v) is 4.99. The summed E-state index contributed by atoms with van der Waals surface area (Å²) in [5.41, 5.74) is 1.94. The highest BCUT2D eigenvalue weighted by Gasteiger charge is 2.22. The van der Waals surface area contributed by atoms with Gasteiger partial charge in [-0.25, -0.2) is 0 Å². The van der Waals surface area contributed by atoms with E-state index in [2.05, 4.69) is 4.98 Å². The van der Waals surface area contributed by atoms with Crippen molar-refractivity contribution in [2.75, 3.05) is 19.7 Å². The molecule has 1 fully saturated rings. The van der Waals surface area contributed by atoms with Crippen molar-refractivity contribution in [1.82, 2.24) is 9.88 Å². The molecule has 0 saturated carbocycles. The topological polar surface area (TPSA) is 53.4 Å². The normalized spacial score (nSPS) is 16.9. The molecular weight excluding hydrogens is 228 g/mol. The Hall–Kier alpha value is -1.42. The van der Waals surface area contributed by atoms with E-state index in [1.54, 1.807) is 6.20 Å². The Labute approximate surface area is 108 Å². The third-order valence-corrected chi connectivity index (χ3v) is 3.55. The van der Waals surface area contributed by atoms with Gasteiger partial charge in [0.25, 0.3) is 0 Å². The Morgan fingerprint density at radius 2 is 2.17 bits per heavy atom. The fourth-order valence-corrected chi connectivity index (χ4v) is 2.25. The van der Waals surface area contributed by atoms with E-state index in [1.165, 1.54) is 0 Å². The third kappa shape index (κ3) is 3.29. The number of pyridine rings is 1. The Morgan fingerprint density at radius 3 is 2.72 bits per heavy atom. The van der Waals surface area contributed by atoms with Crippen molar-refractivity contribution in [3.63, 3.8) is 0 Å². The van der Waals surface area contributed by atoms with E-state index in [0.717, 1.165) is 37.2 Å². The molecule has 2 rings (SSSR count). The third-order valence-electron chi connectivity index (χ3n) is 3.55. The lowest BCUT2D eigenvalue weighted by Crippen LogP contribution is -2.40. The van der Waals surface area contributed by atoms with Crippen molar-refractivity contribution in [2.24, 2.45) is 5.92 Å². The number of hydrogen-bond acceptors (Lipinski definition) is 3. The molecular formula is C14H20N2O2. The van der Waals surface area contributed by atoms with Crippen molar-refractivity contribution >= 4 is 5.91 Å². The van der Waals surface area contributed by atoms with Gasteiger partial charge < -0.3 is 10.0 Å². The lowest BCUT2D eigenvalue weighted by Gasteiger charge is -2.31. The lowest BCUT2D eigenvalue weighted by atomic mass is 9.97. The Kier molecular flexibility index (Phi) is 4.31. The summed E-state index contributed by atoms with van der Waals surface area (Å²) in [5.74, 6) is 0.534. The molecule has 0 atom stereocenters. The number of hydrogen-bond donors (Lipinski definition) is 1. The molecule has 0 unspecified atom stereocenters. The summed E-state index contributed by atoms with van der Waals surface area (Å²) in [4.78, 5) is 18.2. The monoisotopic (exact) mass is 248 g/mol. The van der Waals surface area contributed by atoms with Gasteiger partial charge in [0.15, 0.2) is 0 Å². The Morgan fingerprint density at radius 1 is 1.44 bits per heavy atom. The first kappa shape index (κ1) is 13.0. The van der Waals surface area contributed by atoms with Gasteiger partial charge in [0.1, 0.15) is 0 Å². The van der Waals surface area contributed by atoms with Crippen molar-refractivity contribution in [3.05, 3.63) is 29.6 Å². The zero-order chi connectivity index (χ0) is 13.0. The molecule has 4 heteroatoms. The molecule has 1 aromatic heterocycles. The van der Waals surface area contributed by atoms with Crippen LogP contribution in [0.15, 0.2) is 18.3 Å². The molecule has 1 aliphatic rings. The summed E-state index contributed by atoms with van der Waals surface area (Å²) in [5, 5.41) is 9.07. The predicted octanol–water partition coefficient (Wildman–Crippen LogP) is 1.16. The first-order valence-electron chi connectivity index (χ1n) is 6.49. The van der Waals surface area contributed by atoms with Gasteiger partial charge >= 0.3 is 0 Å². The lowest BCUT2D eigenvalue weighted by molar-refractivity contribution is -0.132. The SMILES string of the molecule is Cc1ccc(CC(=O)N2CCC(CO)CC2)cn1. The van der Waals surface area contributed by atoms with Crippen LogP contribution in [0.5, 0.6) is 0 Å². The number of amides is 1. The summed E-state index contributed by atoms with van der Waals surface area (Å²) in [6.07, 6.45) is 4.02. The van der Waals surface area contributed by atoms with Crippen LogP contribution in [0.2, 0.25) is 0 Å². The van der Waals surface area contributed by atoms with E-state index in [0.29, 0.717) is 12.3 Å². The van der Waals surface area contributed by atoms with E-state index < -0.39 is 0 Å². The van der Waals surface area contributed by atoms with Gasteiger partial charge in [0.05, 0.1) is 6.42 Å². The molecule has 0 aromatic carbocycles. The van der Waals surface area contributed by atoms with E-state index in [1.807, 2.05) is 24.0 Å². The maximum atomic E-state index is 12.1. The summed E-state index contributed by atoms with van der Waals surface area (Å²) in [7, 11) is 0. The zero-order valence-corrected chi connectivity index (χ0v) is 10.8. The van der Waals surface area contributed by atoms with E-state index in [-0.39, 0.29) is 12.5 Å². The highest BCUT2D eigenvalue weighted by Crippen LogP contribution is 2.17. The van der Waals surface area contributed by atoms with Crippen LogP contribution >= 0.6 is 0 Å². The minimum Gasteiger partial charge on any atom is -0.396 e. The van der Waals surface area contributed by atoms with Crippen LogP contribution in [-0.2, 0) is 11.2 Å². The molecule has 1 amide bonds. The number of carbonyl (C=O) groups excluding carboxylic acids is 1. The van der Waals surface area contributed by atoms with Crippen molar-refractivity contribution in [2.45, 2.75) is 26.2 Å². The number of rotatable bonds is 3. The molecule has 1 saturated heterocycles. The number of aliphatic hydroxyl groups is 1. The Balaban J connectivity index is 1.87. The number of aryl methyl sites for hydroxylation is 1. The molecule has 0 spiro atoms. The van der Waals surface area contributed by atoms with Gasteiger partial charge in [-0.05, 0) is 37.3 Å². The number of aliphatic hydroxyl groups excluding tert-OH is 1. The highest BCUT2D eigenvalue weighted by atomic mass is 16.3. The first-order chi connectivity index (χ1) is 8.69. The smallest absolute Gasteiger partial charge is 0.227 e. The summed E-state index contributed by atoms with van der Waals surface area (Å²) < 4.78 is 0. The summed E-state index contributed by atoms with van der Waals surface area (Å²) >= 11 is 0. The first-order valence-corrected chi connectivity index (χ1v) is 6.49. The molecule has 0 aliphatic carbocycles. The Bertz CT molecular complexity index is 395. The fourth-order valence-electron chi connectivity index (χ4n) is 2.25. The largest absolute Gasteiger partial charge is 0.396 e. The molecule has 2 heterocycles. The van der Waals surface area contributed by atoms with Gasteiger partial charge in [-0.2, -0.15) is 0 Å². The molecule has 18 heavy (non-hydrogen) atoms. The maximum absolute atomic E-state index is 12.1. The number of piperidine rings is 1. The molecule has 0 bridgehead atoms. The van der Waals surface area contributed by atoms with Gasteiger partial charge in [-0.1, -0.05) is 6.07 Å². The summed E-state index contributed by atoms with van der Waals surface area (Å²) in [6, 6.07) is 3.89. The van der Waals surface area contributed by atoms with Gasteiger partial charge in [0, 0.05) is 31.6 Å². The molecule has 1 aliphatic heterocycles. The fraction of sp³-hybridized carbons (Fsp3) is 0.571. The average Bonchev–Trinajstić information content (AvgIpc) is 2.41. The van der Waals surface area contributed by atoms with Gasteiger partial charge in [-0.15, -0.1) is 0 Å². The zero-order valence-electron chi connectivity index (χ0n) is 10.8. The van der Waals surface area contributed by atoms with Crippen LogP contribution in [0.3, 0.4) is 0 Å². The van der Waals surface area contributed by atoms with Crippen LogP contribution < -0.4 is 0 Å². The van der Waals surface area contributed by atoms with Crippen LogP contribution in [0.1, 0.15) is 24.1 Å². The molecule has 1 aromatic rings. The number of carbonyl (C=O) groups is 1. The second kappa shape index (κ2) is 5.96. The minimum absolute atomic E-state index is 0.164. The van der Waals surface area contributed by atoms with Crippen molar-refractivity contribution < 1.29 is 9.90 Å². The number of likely N-dealkylation sites (tertiary alicyclic amines) is 1. The van der Waals surface area contributed by atoms with Crippen LogP contribution in [0.4, 0.5) is 0 Å². The van der Waals surface area contributed by atoms with Gasteiger partial charge in [0.2, 0.25) is 5.91 Å². The quantitative estimate of drug-likeness (QED) is 0.873. The minimum atomic E-state index is 0.164. The highest BCUT2D eigenvalue weighted by molar-refractivity contribution is 5.78. The van der Waals surface area contributed by atoms with Crippen LogP contribution in [0, 0.1) is 12.8 Å². The van der Waals surface area contributed by atoms with Gasteiger partial charge in [-0.3, -0.25) is 9.78 Å². The van der Waals surface area contributed by atoms with Crippen molar-refractivity contribution in [1.29, 1.82) is 0 Å². The van der Waals surface area contributed by atoms with E-state index in [9.17, 15) is 4.79 Å². The molecule has 0 radical (unpaired) electrons. The van der Waals surface area contributed by atoms with Crippen LogP contribution in [0.25, 0.3) is 0 Å². The molecule has 1 N–H and O–H groups in total. The second-order valence-electron chi connectivity index (χ2n) is 4.99. The summed E-state index contributed by atoms with van der Waals surface area (Å²) in [6.45, 7) is 3.71. The predicted molar refractivity (Wildman–Crippen MR) is 69.1 cm³/mol. The maximum Gasteiger partial charge on any atom is 0.227 e. The van der Waals surface area contributed by atoms with Crippen molar-refractivity contribution in [3.8, 4) is 0 Å². The van der Waals surface area contributed by atoms with Crippen LogP contribution in [-0.4, -0.2) is 40.6 Å². The average molecular weight is 248 g/mol. The standard InChI is InChI=1S/C14H20N2O2/c1-11-2-3-13(9-15-11)8-14(18)16-6-4-12(10-17)5-7-16/h2-3,9,12,17H,4-8,10H2,1H3. The van der Waals surface area contributed by atoms with E-state index >= 15 is 0 Å². The number of nitrogens with zero attached hydrogens (tertiary/aromatic N) is 2. The molecule has 98 valence electrons. The van der Waals surface area contributed by atoms with E-state index in [4.69, 9.17) is 5.11 Å².